The Labute approximate surface area is 122 Å². The van der Waals surface area contributed by atoms with Crippen LogP contribution in [0.15, 0.2) is 34.7 Å². The van der Waals surface area contributed by atoms with Gasteiger partial charge in [0.1, 0.15) is 28.8 Å². The van der Waals surface area contributed by atoms with E-state index in [0.29, 0.717) is 11.5 Å². The quantitative estimate of drug-likeness (QED) is 0.888. The Bertz CT molecular complexity index is 622. The minimum Gasteiger partial charge on any atom is -0.463 e. The van der Waals surface area contributed by atoms with Gasteiger partial charge in [0.2, 0.25) is 0 Å². The summed E-state index contributed by atoms with van der Waals surface area (Å²) in [7, 11) is 0. The number of nitrogens with one attached hydrogen (secondary N) is 1. The molecule has 21 heavy (non-hydrogen) atoms. The Balaban J connectivity index is 2.06. The predicted molar refractivity (Wildman–Crippen MR) is 75.8 cm³/mol. The number of hydrogen-bond acceptors (Lipinski definition) is 3. The third-order valence-electron chi connectivity index (χ3n) is 3.45. The van der Waals surface area contributed by atoms with Crippen LogP contribution in [-0.2, 0) is 5.60 Å². The molecule has 0 aliphatic rings. The summed E-state index contributed by atoms with van der Waals surface area (Å²) in [6.45, 7) is 5.25. The predicted octanol–water partition coefficient (Wildman–Crippen LogP) is 3.42. The van der Waals surface area contributed by atoms with Crippen molar-refractivity contribution in [3.63, 3.8) is 0 Å². The average Bonchev–Trinajstić information content (AvgIpc) is 2.86. The molecule has 114 valence electrons. The fourth-order valence-electron chi connectivity index (χ4n) is 2.12. The van der Waals surface area contributed by atoms with Crippen molar-refractivity contribution in [2.45, 2.75) is 32.4 Å². The van der Waals surface area contributed by atoms with E-state index in [2.05, 4.69) is 5.32 Å². The molecule has 1 heterocycles. The molecule has 3 nitrogen and oxygen atoms in total. The first-order chi connectivity index (χ1) is 9.79. The minimum absolute atomic E-state index is 0.150. The summed E-state index contributed by atoms with van der Waals surface area (Å²) in [5, 5.41) is 13.4. The number of furan rings is 1. The van der Waals surface area contributed by atoms with Crippen LogP contribution in [0.5, 0.6) is 0 Å². The molecule has 0 aliphatic heterocycles. The van der Waals surface area contributed by atoms with Crippen LogP contribution < -0.4 is 5.32 Å². The molecule has 2 unspecified atom stereocenters. The van der Waals surface area contributed by atoms with Crippen LogP contribution in [0.2, 0.25) is 0 Å². The molecule has 0 fully saturated rings. The lowest BCUT2D eigenvalue weighted by Crippen LogP contribution is -2.36. The van der Waals surface area contributed by atoms with Gasteiger partial charge in [-0.3, -0.25) is 0 Å². The van der Waals surface area contributed by atoms with Gasteiger partial charge in [-0.15, -0.1) is 0 Å². The highest BCUT2D eigenvalue weighted by atomic mass is 19.1. The van der Waals surface area contributed by atoms with Gasteiger partial charge in [-0.2, -0.15) is 0 Å². The van der Waals surface area contributed by atoms with E-state index in [9.17, 15) is 13.9 Å². The minimum atomic E-state index is -1.23. The summed E-state index contributed by atoms with van der Waals surface area (Å²) in [5.74, 6) is 0.160. The Morgan fingerprint density at radius 2 is 2.00 bits per heavy atom. The molecule has 5 heteroatoms. The second-order valence-electron chi connectivity index (χ2n) is 5.45. The Kier molecular flexibility index (Phi) is 4.44. The van der Waals surface area contributed by atoms with Gasteiger partial charge in [-0.1, -0.05) is 0 Å². The van der Waals surface area contributed by atoms with Crippen molar-refractivity contribution in [3.05, 3.63) is 59.1 Å². The highest BCUT2D eigenvalue weighted by Crippen LogP contribution is 2.24. The number of aliphatic hydroxyl groups is 1. The van der Waals surface area contributed by atoms with E-state index in [4.69, 9.17) is 4.42 Å². The molecule has 2 atom stereocenters. The maximum Gasteiger partial charge on any atom is 0.136 e. The zero-order valence-electron chi connectivity index (χ0n) is 12.3. The first-order valence-corrected chi connectivity index (χ1v) is 6.77. The second-order valence-corrected chi connectivity index (χ2v) is 5.45. The Morgan fingerprint density at radius 1 is 1.29 bits per heavy atom. The lowest BCUT2D eigenvalue weighted by Gasteiger charge is -2.24. The molecular formula is C16H19F2NO2. The molecule has 2 aromatic rings. The van der Waals surface area contributed by atoms with E-state index in [1.54, 1.807) is 32.9 Å². The van der Waals surface area contributed by atoms with E-state index < -0.39 is 23.3 Å². The molecular weight excluding hydrogens is 276 g/mol. The van der Waals surface area contributed by atoms with E-state index in [-0.39, 0.29) is 12.1 Å². The molecule has 0 bridgehead atoms. The topological polar surface area (TPSA) is 45.4 Å². The van der Waals surface area contributed by atoms with E-state index in [1.165, 1.54) is 0 Å². The first kappa shape index (κ1) is 15.7. The molecule has 0 saturated carbocycles. The van der Waals surface area contributed by atoms with E-state index in [0.717, 1.165) is 18.2 Å². The standard InChI is InChI=1S/C16H19F2NO2/c1-10-4-7-15(21-10)16(3,20)9-19-11(2)13-8-12(17)5-6-14(13)18/h4-8,11,19-20H,9H2,1-3H3. The van der Waals surface area contributed by atoms with Crippen LogP contribution >= 0.6 is 0 Å². The molecule has 1 aromatic heterocycles. The fraction of sp³-hybridized carbons (Fsp3) is 0.375. The highest BCUT2D eigenvalue weighted by Gasteiger charge is 2.27. The van der Waals surface area contributed by atoms with Crippen molar-refractivity contribution in [2.24, 2.45) is 0 Å². The van der Waals surface area contributed by atoms with Gasteiger partial charge in [-0.25, -0.2) is 8.78 Å². The lowest BCUT2D eigenvalue weighted by molar-refractivity contribution is 0.0312. The summed E-state index contributed by atoms with van der Waals surface area (Å²) in [6.07, 6.45) is 0. The van der Waals surface area contributed by atoms with Gasteiger partial charge >= 0.3 is 0 Å². The molecule has 0 radical (unpaired) electrons. The average molecular weight is 295 g/mol. The summed E-state index contributed by atoms with van der Waals surface area (Å²) in [5.41, 5.74) is -1.01. The van der Waals surface area contributed by atoms with Crippen molar-refractivity contribution < 1.29 is 18.3 Å². The Hall–Kier alpha value is -1.72. The van der Waals surface area contributed by atoms with Crippen molar-refractivity contribution in [1.82, 2.24) is 5.32 Å². The smallest absolute Gasteiger partial charge is 0.136 e. The van der Waals surface area contributed by atoms with Crippen LogP contribution in [0.3, 0.4) is 0 Å². The summed E-state index contributed by atoms with van der Waals surface area (Å²) < 4.78 is 32.3. The van der Waals surface area contributed by atoms with Crippen molar-refractivity contribution in [1.29, 1.82) is 0 Å². The normalized spacial score (nSPS) is 15.7. The number of hydrogen-bond donors (Lipinski definition) is 2. The summed E-state index contributed by atoms with van der Waals surface area (Å²) in [6, 6.07) is 6.34. The van der Waals surface area contributed by atoms with Crippen LogP contribution in [0.1, 0.15) is 37.0 Å². The van der Waals surface area contributed by atoms with Gasteiger partial charge < -0.3 is 14.8 Å². The van der Waals surface area contributed by atoms with Crippen LogP contribution in [0.4, 0.5) is 8.78 Å². The fourth-order valence-corrected chi connectivity index (χ4v) is 2.12. The van der Waals surface area contributed by atoms with E-state index >= 15 is 0 Å². The number of rotatable bonds is 5. The van der Waals surface area contributed by atoms with Gasteiger partial charge in [0, 0.05) is 18.2 Å². The molecule has 1 aromatic carbocycles. The first-order valence-electron chi connectivity index (χ1n) is 6.77. The zero-order chi connectivity index (χ0) is 15.6. The van der Waals surface area contributed by atoms with Gasteiger partial charge in [-0.05, 0) is 51.1 Å². The third-order valence-corrected chi connectivity index (χ3v) is 3.45. The summed E-state index contributed by atoms with van der Waals surface area (Å²) in [4.78, 5) is 0. The third kappa shape index (κ3) is 3.68. The summed E-state index contributed by atoms with van der Waals surface area (Å²) >= 11 is 0. The van der Waals surface area contributed by atoms with Crippen LogP contribution in [0, 0.1) is 18.6 Å². The highest BCUT2D eigenvalue weighted by molar-refractivity contribution is 5.22. The number of benzene rings is 1. The van der Waals surface area contributed by atoms with Gasteiger partial charge in [0.05, 0.1) is 0 Å². The van der Waals surface area contributed by atoms with Crippen LogP contribution in [-0.4, -0.2) is 11.7 Å². The molecule has 0 amide bonds. The molecule has 0 aliphatic carbocycles. The van der Waals surface area contributed by atoms with E-state index in [1.807, 2.05) is 0 Å². The maximum absolute atomic E-state index is 13.7. The molecule has 2 rings (SSSR count). The van der Waals surface area contributed by atoms with Crippen molar-refractivity contribution >= 4 is 0 Å². The molecule has 0 saturated heterocycles. The van der Waals surface area contributed by atoms with Gasteiger partial charge in [0.15, 0.2) is 0 Å². The van der Waals surface area contributed by atoms with Crippen molar-refractivity contribution in [3.8, 4) is 0 Å². The second kappa shape index (κ2) is 5.95. The molecule has 2 N–H and O–H groups in total. The maximum atomic E-state index is 13.7. The van der Waals surface area contributed by atoms with Gasteiger partial charge in [0.25, 0.3) is 0 Å². The lowest BCUT2D eigenvalue weighted by atomic mass is 10.0. The molecule has 0 spiro atoms. The van der Waals surface area contributed by atoms with Crippen molar-refractivity contribution in [2.75, 3.05) is 6.54 Å². The SMILES string of the molecule is Cc1ccc(C(C)(O)CNC(C)c2cc(F)ccc2F)o1. The Morgan fingerprint density at radius 3 is 2.62 bits per heavy atom. The zero-order valence-corrected chi connectivity index (χ0v) is 12.3. The monoisotopic (exact) mass is 295 g/mol. The largest absolute Gasteiger partial charge is 0.463 e. The van der Waals surface area contributed by atoms with Crippen LogP contribution in [0.25, 0.3) is 0 Å². The number of halogens is 2. The number of aryl methyl sites for hydroxylation is 1.